The third kappa shape index (κ3) is 3.90. The van der Waals surface area contributed by atoms with Crippen molar-refractivity contribution >= 4 is 17.3 Å². The smallest absolute Gasteiger partial charge is 0.101 e. The van der Waals surface area contributed by atoms with E-state index in [1.54, 1.807) is 18.2 Å². The number of anilines is 1. The fourth-order valence-corrected chi connectivity index (χ4v) is 2.15. The summed E-state index contributed by atoms with van der Waals surface area (Å²) in [6, 6.07) is 7.17. The molecular formula is C14H19ClN2O. The quantitative estimate of drug-likeness (QED) is 0.829. The molecule has 18 heavy (non-hydrogen) atoms. The van der Waals surface area contributed by atoms with E-state index in [2.05, 4.69) is 25.2 Å². The SMILES string of the molecule is CCC(CC)C(O)CNc1cc(Cl)ccc1C#N. The fraction of sp³-hybridized carbons (Fsp3) is 0.500. The first-order valence-corrected chi connectivity index (χ1v) is 6.61. The first-order chi connectivity index (χ1) is 8.62. The molecule has 0 fully saturated rings. The number of aliphatic hydroxyl groups excluding tert-OH is 1. The number of nitrogens with one attached hydrogen (secondary N) is 1. The van der Waals surface area contributed by atoms with Gasteiger partial charge >= 0.3 is 0 Å². The van der Waals surface area contributed by atoms with E-state index in [9.17, 15) is 5.11 Å². The molecule has 98 valence electrons. The first-order valence-electron chi connectivity index (χ1n) is 6.23. The Morgan fingerprint density at radius 2 is 2.06 bits per heavy atom. The molecule has 0 saturated carbocycles. The van der Waals surface area contributed by atoms with Crippen molar-refractivity contribution in [2.45, 2.75) is 32.8 Å². The molecule has 0 saturated heterocycles. The monoisotopic (exact) mass is 266 g/mol. The van der Waals surface area contributed by atoms with Crippen molar-refractivity contribution < 1.29 is 5.11 Å². The predicted octanol–water partition coefficient (Wildman–Crippen LogP) is 3.42. The van der Waals surface area contributed by atoms with Crippen molar-refractivity contribution in [1.82, 2.24) is 0 Å². The van der Waals surface area contributed by atoms with E-state index in [-0.39, 0.29) is 5.92 Å². The molecule has 1 atom stereocenters. The zero-order valence-corrected chi connectivity index (χ0v) is 11.5. The van der Waals surface area contributed by atoms with E-state index < -0.39 is 6.10 Å². The maximum absolute atomic E-state index is 10.0. The van der Waals surface area contributed by atoms with Gasteiger partial charge in [-0.3, -0.25) is 0 Å². The molecule has 1 unspecified atom stereocenters. The van der Waals surface area contributed by atoms with Gasteiger partial charge in [-0.05, 0) is 24.1 Å². The summed E-state index contributed by atoms with van der Waals surface area (Å²) >= 11 is 5.89. The summed E-state index contributed by atoms with van der Waals surface area (Å²) in [6.07, 6.45) is 1.48. The van der Waals surface area contributed by atoms with Gasteiger partial charge in [0.25, 0.3) is 0 Å². The lowest BCUT2D eigenvalue weighted by Gasteiger charge is -2.21. The standard InChI is InChI=1S/C14H19ClN2O/c1-3-10(4-2)14(18)9-17-13-7-12(15)6-5-11(13)8-16/h5-7,10,14,17-18H,3-4,9H2,1-2H3. The molecule has 1 rings (SSSR count). The van der Waals surface area contributed by atoms with Gasteiger partial charge in [-0.15, -0.1) is 0 Å². The second-order valence-corrected chi connectivity index (χ2v) is 4.76. The van der Waals surface area contributed by atoms with Gasteiger partial charge < -0.3 is 10.4 Å². The van der Waals surface area contributed by atoms with Gasteiger partial charge in [-0.2, -0.15) is 5.26 Å². The van der Waals surface area contributed by atoms with Crippen molar-refractivity contribution in [2.24, 2.45) is 5.92 Å². The second kappa shape index (κ2) is 7.25. The van der Waals surface area contributed by atoms with Gasteiger partial charge in [0.1, 0.15) is 6.07 Å². The molecule has 1 aromatic carbocycles. The third-order valence-corrected chi connectivity index (χ3v) is 3.43. The molecular weight excluding hydrogens is 248 g/mol. The number of hydrogen-bond acceptors (Lipinski definition) is 3. The summed E-state index contributed by atoms with van der Waals surface area (Å²) in [7, 11) is 0. The van der Waals surface area contributed by atoms with E-state index in [0.717, 1.165) is 12.8 Å². The largest absolute Gasteiger partial charge is 0.391 e. The highest BCUT2D eigenvalue weighted by atomic mass is 35.5. The van der Waals surface area contributed by atoms with Crippen LogP contribution in [0, 0.1) is 17.2 Å². The van der Waals surface area contributed by atoms with Crippen molar-refractivity contribution in [3.05, 3.63) is 28.8 Å². The molecule has 0 heterocycles. The molecule has 0 amide bonds. The maximum atomic E-state index is 10.0. The molecule has 0 bridgehead atoms. The predicted molar refractivity (Wildman–Crippen MR) is 74.7 cm³/mol. The number of rotatable bonds is 6. The molecule has 0 aliphatic rings. The minimum Gasteiger partial charge on any atom is -0.391 e. The van der Waals surface area contributed by atoms with Gasteiger partial charge in [0, 0.05) is 11.6 Å². The molecule has 0 aromatic heterocycles. The molecule has 0 aliphatic heterocycles. The molecule has 0 spiro atoms. The average Bonchev–Trinajstić information content (AvgIpc) is 2.38. The van der Waals surface area contributed by atoms with Crippen LogP contribution < -0.4 is 5.32 Å². The Morgan fingerprint density at radius 3 is 2.61 bits per heavy atom. The zero-order valence-electron chi connectivity index (χ0n) is 10.8. The molecule has 1 aromatic rings. The topological polar surface area (TPSA) is 56.0 Å². The van der Waals surface area contributed by atoms with Crippen LogP contribution in [0.3, 0.4) is 0 Å². The lowest BCUT2D eigenvalue weighted by Crippen LogP contribution is -2.27. The van der Waals surface area contributed by atoms with Crippen molar-refractivity contribution in [2.75, 3.05) is 11.9 Å². The molecule has 4 heteroatoms. The Labute approximate surface area is 113 Å². The lowest BCUT2D eigenvalue weighted by molar-refractivity contribution is 0.114. The maximum Gasteiger partial charge on any atom is 0.101 e. The number of hydrogen-bond donors (Lipinski definition) is 2. The van der Waals surface area contributed by atoms with Gasteiger partial charge in [0.15, 0.2) is 0 Å². The summed E-state index contributed by atoms with van der Waals surface area (Å²) in [4.78, 5) is 0. The normalized spacial score (nSPS) is 12.2. The number of benzene rings is 1. The van der Waals surface area contributed by atoms with E-state index in [1.807, 2.05) is 0 Å². The number of aliphatic hydroxyl groups is 1. The second-order valence-electron chi connectivity index (χ2n) is 4.33. The molecule has 3 nitrogen and oxygen atoms in total. The van der Waals surface area contributed by atoms with Crippen LogP contribution in [0.2, 0.25) is 5.02 Å². The Kier molecular flexibility index (Phi) is 5.97. The highest BCUT2D eigenvalue weighted by Gasteiger charge is 2.15. The summed E-state index contributed by atoms with van der Waals surface area (Å²) in [5.74, 6) is 0.280. The van der Waals surface area contributed by atoms with Crippen LogP contribution in [0.15, 0.2) is 18.2 Å². The van der Waals surface area contributed by atoms with E-state index in [4.69, 9.17) is 16.9 Å². The Bertz CT molecular complexity index is 424. The highest BCUT2D eigenvalue weighted by molar-refractivity contribution is 6.30. The number of nitriles is 1. The fourth-order valence-electron chi connectivity index (χ4n) is 1.97. The van der Waals surface area contributed by atoms with E-state index >= 15 is 0 Å². The number of halogens is 1. The van der Waals surface area contributed by atoms with Crippen molar-refractivity contribution in [3.8, 4) is 6.07 Å². The highest BCUT2D eigenvalue weighted by Crippen LogP contribution is 2.21. The third-order valence-electron chi connectivity index (χ3n) is 3.20. The van der Waals surface area contributed by atoms with Crippen molar-refractivity contribution in [1.29, 1.82) is 5.26 Å². The van der Waals surface area contributed by atoms with E-state index in [0.29, 0.717) is 22.8 Å². The van der Waals surface area contributed by atoms with E-state index in [1.165, 1.54) is 0 Å². The Balaban J connectivity index is 2.68. The van der Waals surface area contributed by atoms with Crippen LogP contribution in [0.1, 0.15) is 32.3 Å². The van der Waals surface area contributed by atoms with Crippen LogP contribution in [-0.2, 0) is 0 Å². The van der Waals surface area contributed by atoms with Crippen molar-refractivity contribution in [3.63, 3.8) is 0 Å². The van der Waals surface area contributed by atoms with Gasteiger partial charge in [0.05, 0.1) is 17.4 Å². The molecule has 2 N–H and O–H groups in total. The first kappa shape index (κ1) is 14.8. The summed E-state index contributed by atoms with van der Waals surface area (Å²) < 4.78 is 0. The van der Waals surface area contributed by atoms with Gasteiger partial charge in [-0.1, -0.05) is 38.3 Å². The van der Waals surface area contributed by atoms with Crippen LogP contribution >= 0.6 is 11.6 Å². The molecule has 0 aliphatic carbocycles. The number of nitrogens with zero attached hydrogens (tertiary/aromatic N) is 1. The van der Waals surface area contributed by atoms with Gasteiger partial charge in [-0.25, -0.2) is 0 Å². The summed E-state index contributed by atoms with van der Waals surface area (Å²) in [5.41, 5.74) is 1.21. The van der Waals surface area contributed by atoms with Crippen LogP contribution in [0.25, 0.3) is 0 Å². The minimum absolute atomic E-state index is 0.280. The lowest BCUT2D eigenvalue weighted by atomic mass is 9.96. The zero-order chi connectivity index (χ0) is 13.5. The summed E-state index contributed by atoms with van der Waals surface area (Å²) in [5, 5.41) is 22.7. The minimum atomic E-state index is -0.412. The molecule has 0 radical (unpaired) electrons. The van der Waals surface area contributed by atoms with Crippen LogP contribution in [-0.4, -0.2) is 17.8 Å². The van der Waals surface area contributed by atoms with Crippen LogP contribution in [0.5, 0.6) is 0 Å². The summed E-state index contributed by atoms with van der Waals surface area (Å²) in [6.45, 7) is 4.57. The van der Waals surface area contributed by atoms with Gasteiger partial charge in [0.2, 0.25) is 0 Å². The Hall–Kier alpha value is -1.24. The average molecular weight is 267 g/mol. The Morgan fingerprint density at radius 1 is 1.39 bits per heavy atom. The van der Waals surface area contributed by atoms with Crippen LogP contribution in [0.4, 0.5) is 5.69 Å².